The van der Waals surface area contributed by atoms with Gasteiger partial charge in [-0.3, -0.25) is 4.68 Å². The predicted octanol–water partition coefficient (Wildman–Crippen LogP) is 3.23. The molecule has 0 aliphatic carbocycles. The van der Waals surface area contributed by atoms with Gasteiger partial charge in [0.1, 0.15) is 33.8 Å². The molecule has 0 unspecified atom stereocenters. The molecule has 0 saturated carbocycles. The van der Waals surface area contributed by atoms with Gasteiger partial charge >= 0.3 is 5.97 Å². The first kappa shape index (κ1) is 16.1. The molecule has 0 fully saturated rings. The van der Waals surface area contributed by atoms with E-state index in [1.807, 2.05) is 0 Å². The molecule has 0 aliphatic heterocycles. The summed E-state index contributed by atoms with van der Waals surface area (Å²) < 4.78 is 20.0. The van der Waals surface area contributed by atoms with E-state index in [9.17, 15) is 9.18 Å². The van der Waals surface area contributed by atoms with Crippen LogP contribution >= 0.6 is 11.3 Å². The van der Waals surface area contributed by atoms with Crippen molar-refractivity contribution in [3.05, 3.63) is 52.9 Å². The lowest BCUT2D eigenvalue weighted by molar-refractivity contribution is 0.0701. The second kappa shape index (κ2) is 6.79. The lowest BCUT2D eigenvalue weighted by atomic mass is 10.3. The number of nitrogens with zero attached hydrogens (tertiary/aromatic N) is 3. The number of aromatic nitrogens is 3. The number of rotatable bonds is 6. The highest BCUT2D eigenvalue weighted by Crippen LogP contribution is 2.26. The van der Waals surface area contributed by atoms with Gasteiger partial charge < -0.3 is 9.84 Å². The van der Waals surface area contributed by atoms with Crippen molar-refractivity contribution in [2.45, 2.75) is 13.5 Å². The van der Waals surface area contributed by atoms with Gasteiger partial charge in [0.15, 0.2) is 0 Å². The lowest BCUT2D eigenvalue weighted by Gasteiger charge is -2.05. The van der Waals surface area contributed by atoms with Gasteiger partial charge in [-0.2, -0.15) is 5.10 Å². The van der Waals surface area contributed by atoms with E-state index in [0.717, 1.165) is 11.3 Å². The van der Waals surface area contributed by atoms with Crippen LogP contribution in [0.25, 0.3) is 10.7 Å². The van der Waals surface area contributed by atoms with Crippen LogP contribution in [0.3, 0.4) is 0 Å². The van der Waals surface area contributed by atoms with E-state index in [1.165, 1.54) is 12.1 Å². The number of carboxylic acids is 1. The second-order valence-electron chi connectivity index (χ2n) is 5.01. The van der Waals surface area contributed by atoms with Crippen LogP contribution in [0.15, 0.2) is 36.5 Å². The quantitative estimate of drug-likeness (QED) is 0.741. The Labute approximate surface area is 141 Å². The topological polar surface area (TPSA) is 77.2 Å². The van der Waals surface area contributed by atoms with E-state index >= 15 is 0 Å². The van der Waals surface area contributed by atoms with Crippen LogP contribution in [0.1, 0.15) is 15.4 Å². The maximum absolute atomic E-state index is 12.8. The Morgan fingerprint density at radius 3 is 2.75 bits per heavy atom. The highest BCUT2D eigenvalue weighted by Gasteiger charge is 2.16. The summed E-state index contributed by atoms with van der Waals surface area (Å²) in [7, 11) is 0. The Morgan fingerprint density at radius 2 is 2.08 bits per heavy atom. The fraction of sp³-hybridized carbons (Fsp3) is 0.188. The minimum Gasteiger partial charge on any atom is -0.492 e. The standard InChI is InChI=1S/C16H14FN3O3S/c1-10-14(16(21)22)24-15(18-10)13-6-7-20(19-13)8-9-23-12-4-2-11(17)3-5-12/h2-7H,8-9H2,1H3,(H,21,22). The van der Waals surface area contributed by atoms with Gasteiger partial charge in [-0.25, -0.2) is 14.2 Å². The molecule has 1 N–H and O–H groups in total. The molecule has 0 saturated heterocycles. The third-order valence-electron chi connectivity index (χ3n) is 3.25. The van der Waals surface area contributed by atoms with E-state index in [-0.39, 0.29) is 10.7 Å². The Bertz CT molecular complexity index is 858. The monoisotopic (exact) mass is 347 g/mol. The normalized spacial score (nSPS) is 10.8. The molecule has 6 nitrogen and oxygen atoms in total. The fourth-order valence-corrected chi connectivity index (χ4v) is 2.96. The molecule has 0 aliphatic rings. The van der Waals surface area contributed by atoms with Crippen molar-refractivity contribution < 1.29 is 19.0 Å². The van der Waals surface area contributed by atoms with Gasteiger partial charge in [0.2, 0.25) is 0 Å². The molecule has 0 bridgehead atoms. The van der Waals surface area contributed by atoms with Crippen LogP contribution in [0.5, 0.6) is 5.75 Å². The molecule has 2 heterocycles. The zero-order valence-corrected chi connectivity index (χ0v) is 13.6. The molecule has 3 rings (SSSR count). The average Bonchev–Trinajstić information content (AvgIpc) is 3.16. The highest BCUT2D eigenvalue weighted by atomic mass is 32.1. The van der Waals surface area contributed by atoms with Crippen molar-refractivity contribution in [1.29, 1.82) is 0 Å². The number of carbonyl (C=O) groups is 1. The molecule has 1 aromatic carbocycles. The molecule has 3 aromatic rings. The van der Waals surface area contributed by atoms with Crippen LogP contribution in [0.2, 0.25) is 0 Å². The summed E-state index contributed by atoms with van der Waals surface area (Å²) in [5, 5.41) is 14.0. The highest BCUT2D eigenvalue weighted by molar-refractivity contribution is 7.17. The molecule has 0 atom stereocenters. The molecule has 0 spiro atoms. The third-order valence-corrected chi connectivity index (χ3v) is 4.42. The Morgan fingerprint density at radius 1 is 1.33 bits per heavy atom. The summed E-state index contributed by atoms with van der Waals surface area (Å²) >= 11 is 1.10. The van der Waals surface area contributed by atoms with E-state index in [1.54, 1.807) is 36.0 Å². The number of benzene rings is 1. The zero-order chi connectivity index (χ0) is 17.1. The Balaban J connectivity index is 1.62. The van der Waals surface area contributed by atoms with E-state index in [2.05, 4.69) is 10.1 Å². The van der Waals surface area contributed by atoms with Gasteiger partial charge in [0, 0.05) is 6.20 Å². The third kappa shape index (κ3) is 3.60. The number of hydrogen-bond donors (Lipinski definition) is 1. The van der Waals surface area contributed by atoms with Gasteiger partial charge in [-0.05, 0) is 37.3 Å². The van der Waals surface area contributed by atoms with Crippen LogP contribution in [-0.2, 0) is 6.54 Å². The van der Waals surface area contributed by atoms with Gasteiger partial charge in [-0.1, -0.05) is 0 Å². The summed E-state index contributed by atoms with van der Waals surface area (Å²) in [5.41, 5.74) is 1.11. The van der Waals surface area contributed by atoms with Gasteiger partial charge in [0.25, 0.3) is 0 Å². The number of aromatic carboxylic acids is 1. The molecule has 0 radical (unpaired) electrons. The molecule has 0 amide bonds. The average molecular weight is 347 g/mol. The Hall–Kier alpha value is -2.74. The fourth-order valence-electron chi connectivity index (χ4n) is 2.09. The van der Waals surface area contributed by atoms with Crippen molar-refractivity contribution in [1.82, 2.24) is 14.8 Å². The van der Waals surface area contributed by atoms with Crippen LogP contribution in [0, 0.1) is 12.7 Å². The molecule has 2 aromatic heterocycles. The number of thiazole rings is 1. The summed E-state index contributed by atoms with van der Waals surface area (Å²) in [6.07, 6.45) is 1.78. The van der Waals surface area contributed by atoms with Crippen molar-refractivity contribution in [2.24, 2.45) is 0 Å². The minimum atomic E-state index is -0.983. The molecular formula is C16H14FN3O3S. The van der Waals surface area contributed by atoms with Gasteiger partial charge in [0.05, 0.1) is 12.2 Å². The number of aryl methyl sites for hydroxylation is 1. The molecule has 8 heteroatoms. The van der Waals surface area contributed by atoms with Crippen molar-refractivity contribution >= 4 is 17.3 Å². The van der Waals surface area contributed by atoms with E-state index < -0.39 is 5.97 Å². The smallest absolute Gasteiger partial charge is 0.347 e. The Kier molecular flexibility index (Phi) is 4.57. The van der Waals surface area contributed by atoms with Crippen molar-refractivity contribution in [2.75, 3.05) is 6.61 Å². The summed E-state index contributed by atoms with van der Waals surface area (Å²) in [6.45, 7) is 2.55. The first-order valence-corrected chi connectivity index (χ1v) is 7.97. The van der Waals surface area contributed by atoms with E-state index in [0.29, 0.717) is 35.3 Å². The molecule has 24 heavy (non-hydrogen) atoms. The number of halogens is 1. The summed E-state index contributed by atoms with van der Waals surface area (Å²) in [6, 6.07) is 7.59. The first-order valence-electron chi connectivity index (χ1n) is 7.16. The maximum atomic E-state index is 12.8. The van der Waals surface area contributed by atoms with Crippen LogP contribution < -0.4 is 4.74 Å². The second-order valence-corrected chi connectivity index (χ2v) is 6.00. The van der Waals surface area contributed by atoms with Crippen molar-refractivity contribution in [3.8, 4) is 16.5 Å². The van der Waals surface area contributed by atoms with Crippen LogP contribution in [0.4, 0.5) is 4.39 Å². The summed E-state index contributed by atoms with van der Waals surface area (Å²) in [5.74, 6) is -0.702. The number of hydrogen-bond acceptors (Lipinski definition) is 5. The zero-order valence-electron chi connectivity index (χ0n) is 12.8. The number of ether oxygens (including phenoxy) is 1. The lowest BCUT2D eigenvalue weighted by Crippen LogP contribution is -2.08. The minimum absolute atomic E-state index is 0.221. The summed E-state index contributed by atoms with van der Waals surface area (Å²) in [4.78, 5) is 15.5. The largest absolute Gasteiger partial charge is 0.492 e. The van der Waals surface area contributed by atoms with Crippen molar-refractivity contribution in [3.63, 3.8) is 0 Å². The SMILES string of the molecule is Cc1nc(-c2ccn(CCOc3ccc(F)cc3)n2)sc1C(=O)O. The van der Waals surface area contributed by atoms with E-state index in [4.69, 9.17) is 9.84 Å². The molecule has 124 valence electrons. The van der Waals surface area contributed by atoms with Crippen LogP contribution in [-0.4, -0.2) is 32.4 Å². The first-order chi connectivity index (χ1) is 11.5. The number of carboxylic acid groups (broad SMARTS) is 1. The maximum Gasteiger partial charge on any atom is 0.347 e. The van der Waals surface area contributed by atoms with Gasteiger partial charge in [-0.15, -0.1) is 11.3 Å². The molecular weight excluding hydrogens is 333 g/mol. The predicted molar refractivity (Wildman–Crippen MR) is 86.9 cm³/mol.